The molecule has 1 amide bonds. The highest BCUT2D eigenvalue weighted by Gasteiger charge is 2.27. The number of anilines is 1. The van der Waals surface area contributed by atoms with Gasteiger partial charge in [0.15, 0.2) is 11.6 Å². The molecule has 4 nitrogen and oxygen atoms in total. The smallest absolute Gasteiger partial charge is 0.411 e. The van der Waals surface area contributed by atoms with Crippen molar-refractivity contribution in [2.45, 2.75) is 13.1 Å². The number of halogens is 4. The molecule has 112 valence electrons. The second-order valence-corrected chi connectivity index (χ2v) is 3.73. The van der Waals surface area contributed by atoms with Crippen molar-refractivity contribution in [3.05, 3.63) is 24.0 Å². The molecular formula is C12H13F4NO3. The molecule has 0 aliphatic heterocycles. The molecule has 0 bridgehead atoms. The molecule has 0 heterocycles. The molecule has 1 rings (SSSR count). The van der Waals surface area contributed by atoms with Gasteiger partial charge < -0.3 is 14.8 Å². The van der Waals surface area contributed by atoms with E-state index in [2.05, 4.69) is 10.1 Å². The van der Waals surface area contributed by atoms with Crippen molar-refractivity contribution in [3.8, 4) is 5.75 Å². The van der Waals surface area contributed by atoms with E-state index in [1.165, 1.54) is 12.1 Å². The number of alkyl halides is 3. The number of amides is 1. The minimum atomic E-state index is -4.49. The molecule has 0 saturated heterocycles. The molecule has 0 fully saturated rings. The fraction of sp³-hybridized carbons (Fsp3) is 0.417. The van der Waals surface area contributed by atoms with Crippen LogP contribution >= 0.6 is 0 Å². The summed E-state index contributed by atoms with van der Waals surface area (Å²) in [6.45, 7) is -0.312. The van der Waals surface area contributed by atoms with Gasteiger partial charge in [0.2, 0.25) is 5.91 Å². The van der Waals surface area contributed by atoms with Gasteiger partial charge in [-0.15, -0.1) is 0 Å². The Hall–Kier alpha value is -1.83. The van der Waals surface area contributed by atoms with Gasteiger partial charge in [-0.2, -0.15) is 13.2 Å². The second kappa shape index (κ2) is 7.09. The van der Waals surface area contributed by atoms with E-state index in [-0.39, 0.29) is 18.0 Å². The van der Waals surface area contributed by atoms with Gasteiger partial charge in [0, 0.05) is 11.8 Å². The number of benzene rings is 1. The minimum absolute atomic E-state index is 0.0267. The van der Waals surface area contributed by atoms with Crippen LogP contribution in [-0.4, -0.2) is 31.9 Å². The number of nitrogens with one attached hydrogen (secondary N) is 1. The minimum Gasteiger partial charge on any atom is -0.491 e. The van der Waals surface area contributed by atoms with Crippen molar-refractivity contribution >= 4 is 11.6 Å². The first-order valence-corrected chi connectivity index (χ1v) is 5.68. The van der Waals surface area contributed by atoms with Crippen LogP contribution in [0.3, 0.4) is 0 Å². The van der Waals surface area contributed by atoms with Crippen molar-refractivity contribution in [1.29, 1.82) is 0 Å². The highest BCUT2D eigenvalue weighted by molar-refractivity contribution is 5.91. The Morgan fingerprint density at radius 2 is 2.05 bits per heavy atom. The van der Waals surface area contributed by atoms with E-state index < -0.39 is 31.1 Å². The summed E-state index contributed by atoms with van der Waals surface area (Å²) >= 11 is 0. The van der Waals surface area contributed by atoms with E-state index in [4.69, 9.17) is 4.74 Å². The number of hydrogen-bond acceptors (Lipinski definition) is 3. The van der Waals surface area contributed by atoms with Gasteiger partial charge in [0.25, 0.3) is 0 Å². The molecule has 0 spiro atoms. The maximum atomic E-state index is 13.4. The van der Waals surface area contributed by atoms with Crippen molar-refractivity contribution in [2.24, 2.45) is 0 Å². The summed E-state index contributed by atoms with van der Waals surface area (Å²) in [5, 5.41) is 2.21. The fourth-order valence-corrected chi connectivity index (χ4v) is 1.31. The zero-order chi connectivity index (χ0) is 15.2. The van der Waals surface area contributed by atoms with Crippen LogP contribution in [0, 0.1) is 5.82 Å². The van der Waals surface area contributed by atoms with Crippen molar-refractivity contribution < 1.29 is 31.8 Å². The van der Waals surface area contributed by atoms with Crippen LogP contribution in [0.4, 0.5) is 23.2 Å². The first-order chi connectivity index (χ1) is 9.31. The zero-order valence-electron chi connectivity index (χ0n) is 10.6. The van der Waals surface area contributed by atoms with Gasteiger partial charge in [-0.3, -0.25) is 4.79 Å². The van der Waals surface area contributed by atoms with Crippen LogP contribution in [0.2, 0.25) is 0 Å². The summed E-state index contributed by atoms with van der Waals surface area (Å²) in [6.07, 6.45) is -4.49. The molecular weight excluding hydrogens is 282 g/mol. The third-order valence-electron chi connectivity index (χ3n) is 2.01. The van der Waals surface area contributed by atoms with Crippen molar-refractivity contribution in [1.82, 2.24) is 0 Å². The van der Waals surface area contributed by atoms with Crippen LogP contribution < -0.4 is 10.1 Å². The number of hydrogen-bond donors (Lipinski definition) is 1. The molecule has 1 aromatic rings. The average Bonchev–Trinajstić information content (AvgIpc) is 2.31. The molecule has 0 saturated carbocycles. The molecule has 1 N–H and O–H groups in total. The summed E-state index contributed by atoms with van der Waals surface area (Å²) < 4.78 is 57.9. The van der Waals surface area contributed by atoms with Gasteiger partial charge in [0.05, 0.1) is 6.61 Å². The van der Waals surface area contributed by atoms with E-state index in [0.29, 0.717) is 0 Å². The maximum Gasteiger partial charge on any atom is 0.411 e. The standard InChI is InChI=1S/C12H13F4NO3/c1-2-20-10-4-3-8(5-9(10)13)17-11(18)6-19-7-12(14,15)16/h3-5H,2,6-7H2,1H3,(H,17,18). The van der Waals surface area contributed by atoms with Crippen LogP contribution in [0.5, 0.6) is 5.75 Å². The molecule has 20 heavy (non-hydrogen) atoms. The Balaban J connectivity index is 2.48. The first-order valence-electron chi connectivity index (χ1n) is 5.68. The quantitative estimate of drug-likeness (QED) is 0.821. The third kappa shape index (κ3) is 5.87. The van der Waals surface area contributed by atoms with Crippen molar-refractivity contribution in [2.75, 3.05) is 25.1 Å². The summed E-state index contributed by atoms with van der Waals surface area (Å²) in [6, 6.07) is 3.69. The summed E-state index contributed by atoms with van der Waals surface area (Å²) in [5.41, 5.74) is 0.103. The Morgan fingerprint density at radius 1 is 1.35 bits per heavy atom. The van der Waals surface area contributed by atoms with E-state index in [9.17, 15) is 22.4 Å². The highest BCUT2D eigenvalue weighted by Crippen LogP contribution is 2.21. The zero-order valence-corrected chi connectivity index (χ0v) is 10.6. The predicted octanol–water partition coefficient (Wildman–Crippen LogP) is 2.74. The molecule has 0 aliphatic rings. The Kier molecular flexibility index (Phi) is 5.75. The number of rotatable bonds is 6. The molecule has 0 radical (unpaired) electrons. The summed E-state index contributed by atoms with van der Waals surface area (Å²) in [4.78, 5) is 11.3. The summed E-state index contributed by atoms with van der Waals surface area (Å²) in [7, 11) is 0. The maximum absolute atomic E-state index is 13.4. The van der Waals surface area contributed by atoms with Crippen LogP contribution in [-0.2, 0) is 9.53 Å². The SMILES string of the molecule is CCOc1ccc(NC(=O)COCC(F)(F)F)cc1F. The lowest BCUT2D eigenvalue weighted by molar-refractivity contribution is -0.174. The normalized spacial score (nSPS) is 11.2. The number of ether oxygens (including phenoxy) is 2. The number of carbonyl (C=O) groups is 1. The second-order valence-electron chi connectivity index (χ2n) is 3.73. The molecule has 0 aromatic heterocycles. The van der Waals surface area contributed by atoms with E-state index in [1.807, 2.05) is 0 Å². The predicted molar refractivity (Wildman–Crippen MR) is 63.1 cm³/mol. The topological polar surface area (TPSA) is 47.6 Å². The third-order valence-corrected chi connectivity index (χ3v) is 2.01. The van der Waals surface area contributed by atoms with Crippen LogP contribution in [0.25, 0.3) is 0 Å². The Morgan fingerprint density at radius 3 is 2.60 bits per heavy atom. The van der Waals surface area contributed by atoms with Crippen LogP contribution in [0.15, 0.2) is 18.2 Å². The fourth-order valence-electron chi connectivity index (χ4n) is 1.31. The average molecular weight is 295 g/mol. The van der Waals surface area contributed by atoms with Gasteiger partial charge in [0.1, 0.15) is 13.2 Å². The van der Waals surface area contributed by atoms with Gasteiger partial charge in [-0.1, -0.05) is 0 Å². The van der Waals surface area contributed by atoms with E-state index in [0.717, 1.165) is 6.07 Å². The van der Waals surface area contributed by atoms with E-state index >= 15 is 0 Å². The molecule has 0 atom stereocenters. The molecule has 1 aromatic carbocycles. The lowest BCUT2D eigenvalue weighted by Gasteiger charge is -2.09. The van der Waals surface area contributed by atoms with Crippen molar-refractivity contribution in [3.63, 3.8) is 0 Å². The Bertz CT molecular complexity index is 463. The Labute approximate surface area is 112 Å². The molecule has 0 aliphatic carbocycles. The summed E-state index contributed by atoms with van der Waals surface area (Å²) in [5.74, 6) is -1.46. The highest BCUT2D eigenvalue weighted by atomic mass is 19.4. The lowest BCUT2D eigenvalue weighted by Crippen LogP contribution is -2.24. The monoisotopic (exact) mass is 295 g/mol. The molecule has 8 heteroatoms. The van der Waals surface area contributed by atoms with Gasteiger partial charge in [-0.25, -0.2) is 4.39 Å². The van der Waals surface area contributed by atoms with E-state index in [1.54, 1.807) is 6.92 Å². The molecule has 0 unspecified atom stereocenters. The van der Waals surface area contributed by atoms with Crippen LogP contribution in [0.1, 0.15) is 6.92 Å². The number of carbonyl (C=O) groups excluding carboxylic acids is 1. The van der Waals surface area contributed by atoms with Gasteiger partial charge >= 0.3 is 6.18 Å². The van der Waals surface area contributed by atoms with Gasteiger partial charge in [-0.05, 0) is 19.1 Å². The largest absolute Gasteiger partial charge is 0.491 e. The first kappa shape index (κ1) is 16.2. The lowest BCUT2D eigenvalue weighted by atomic mass is 10.3.